The molecule has 1 aromatic rings. The predicted molar refractivity (Wildman–Crippen MR) is 69.8 cm³/mol. The van der Waals surface area contributed by atoms with Crippen LogP contribution in [-0.4, -0.2) is 19.1 Å². The first-order valence-electron chi connectivity index (χ1n) is 6.28. The second kappa shape index (κ2) is 4.88. The van der Waals surface area contributed by atoms with Crippen LogP contribution in [-0.2, 0) is 6.42 Å². The molecule has 0 saturated heterocycles. The molecule has 1 aliphatic heterocycles. The molecule has 1 aromatic carbocycles. The number of anilines is 1. The summed E-state index contributed by atoms with van der Waals surface area (Å²) in [5, 5.41) is 0. The fourth-order valence-corrected chi connectivity index (χ4v) is 2.67. The van der Waals surface area contributed by atoms with Crippen molar-refractivity contribution in [3.63, 3.8) is 0 Å². The second-order valence-electron chi connectivity index (χ2n) is 4.97. The third kappa shape index (κ3) is 2.07. The Kier molecular flexibility index (Phi) is 3.49. The van der Waals surface area contributed by atoms with Gasteiger partial charge in [-0.05, 0) is 30.4 Å². The fraction of sp³-hybridized carbons (Fsp3) is 0.571. The van der Waals surface area contributed by atoms with E-state index in [0.29, 0.717) is 12.0 Å². The van der Waals surface area contributed by atoms with Crippen LogP contribution in [0.15, 0.2) is 24.3 Å². The zero-order valence-electron chi connectivity index (χ0n) is 10.3. The molecule has 0 spiro atoms. The number of benzene rings is 1. The van der Waals surface area contributed by atoms with Gasteiger partial charge in [0.15, 0.2) is 0 Å². The Morgan fingerprint density at radius 3 is 2.75 bits per heavy atom. The van der Waals surface area contributed by atoms with Crippen molar-refractivity contribution in [2.75, 3.05) is 18.0 Å². The van der Waals surface area contributed by atoms with E-state index < -0.39 is 0 Å². The fourth-order valence-electron chi connectivity index (χ4n) is 2.67. The largest absolute Gasteiger partial charge is 0.367 e. The summed E-state index contributed by atoms with van der Waals surface area (Å²) in [6.07, 6.45) is 2.46. The Labute approximate surface area is 98.4 Å². The number of hydrogen-bond donors (Lipinski definition) is 1. The van der Waals surface area contributed by atoms with Crippen molar-refractivity contribution in [2.24, 2.45) is 11.7 Å². The summed E-state index contributed by atoms with van der Waals surface area (Å²) < 4.78 is 0. The highest BCUT2D eigenvalue weighted by atomic mass is 15.2. The number of rotatable bonds is 3. The van der Waals surface area contributed by atoms with E-state index in [1.54, 1.807) is 0 Å². The summed E-state index contributed by atoms with van der Waals surface area (Å²) in [4.78, 5) is 2.50. The standard InChI is InChI=1S/C14H22N2/c1-11(2)14(10-15)16-9-5-7-12-6-3-4-8-13(12)16/h3-4,6,8,11,14H,5,7,9-10,15H2,1-2H3. The van der Waals surface area contributed by atoms with Crippen LogP contribution in [0, 0.1) is 5.92 Å². The summed E-state index contributed by atoms with van der Waals surface area (Å²) >= 11 is 0. The van der Waals surface area contributed by atoms with Crippen LogP contribution >= 0.6 is 0 Å². The lowest BCUT2D eigenvalue weighted by molar-refractivity contribution is 0.449. The Bertz CT molecular complexity index is 346. The predicted octanol–water partition coefficient (Wildman–Crippen LogP) is 2.42. The van der Waals surface area contributed by atoms with Gasteiger partial charge in [-0.3, -0.25) is 0 Å². The van der Waals surface area contributed by atoms with E-state index in [2.05, 4.69) is 43.0 Å². The summed E-state index contributed by atoms with van der Waals surface area (Å²) in [7, 11) is 0. The third-order valence-corrected chi connectivity index (χ3v) is 3.56. The zero-order valence-corrected chi connectivity index (χ0v) is 10.3. The van der Waals surface area contributed by atoms with Crippen molar-refractivity contribution >= 4 is 5.69 Å². The smallest absolute Gasteiger partial charge is 0.0435 e. The summed E-state index contributed by atoms with van der Waals surface area (Å²) in [5.41, 5.74) is 8.80. The molecule has 2 N–H and O–H groups in total. The number of aryl methyl sites for hydroxylation is 1. The molecular formula is C14H22N2. The SMILES string of the molecule is CC(C)C(CN)N1CCCc2ccccc21. The molecule has 0 bridgehead atoms. The maximum Gasteiger partial charge on any atom is 0.0435 e. The molecule has 1 atom stereocenters. The molecule has 0 saturated carbocycles. The number of fused-ring (bicyclic) bond motifs is 1. The molecule has 0 amide bonds. The molecule has 2 nitrogen and oxygen atoms in total. The molecule has 1 unspecified atom stereocenters. The van der Waals surface area contributed by atoms with E-state index in [0.717, 1.165) is 13.1 Å². The molecule has 16 heavy (non-hydrogen) atoms. The average molecular weight is 218 g/mol. The molecule has 0 radical (unpaired) electrons. The summed E-state index contributed by atoms with van der Waals surface area (Å²) in [6.45, 7) is 6.41. The van der Waals surface area contributed by atoms with Gasteiger partial charge in [-0.25, -0.2) is 0 Å². The maximum absolute atomic E-state index is 5.92. The molecule has 0 fully saturated rings. The highest BCUT2D eigenvalue weighted by molar-refractivity contribution is 5.56. The normalized spacial score (nSPS) is 17.4. The summed E-state index contributed by atoms with van der Waals surface area (Å²) in [5.74, 6) is 0.608. The lowest BCUT2D eigenvalue weighted by Gasteiger charge is -2.39. The quantitative estimate of drug-likeness (QED) is 0.844. The van der Waals surface area contributed by atoms with Crippen LogP contribution in [0.1, 0.15) is 25.8 Å². The Morgan fingerprint density at radius 2 is 2.06 bits per heavy atom. The van der Waals surface area contributed by atoms with Gasteiger partial charge < -0.3 is 10.6 Å². The monoisotopic (exact) mass is 218 g/mol. The van der Waals surface area contributed by atoms with Crippen molar-refractivity contribution in [3.05, 3.63) is 29.8 Å². The Morgan fingerprint density at radius 1 is 1.31 bits per heavy atom. The summed E-state index contributed by atoms with van der Waals surface area (Å²) in [6, 6.07) is 9.22. The first-order chi connectivity index (χ1) is 7.74. The first kappa shape index (κ1) is 11.5. The van der Waals surface area contributed by atoms with E-state index in [1.165, 1.54) is 24.1 Å². The van der Waals surface area contributed by atoms with Crippen molar-refractivity contribution in [3.8, 4) is 0 Å². The highest BCUT2D eigenvalue weighted by Crippen LogP contribution is 2.29. The number of nitrogens with zero attached hydrogens (tertiary/aromatic N) is 1. The van der Waals surface area contributed by atoms with Crippen LogP contribution in [0.3, 0.4) is 0 Å². The highest BCUT2D eigenvalue weighted by Gasteiger charge is 2.24. The van der Waals surface area contributed by atoms with Crippen LogP contribution in [0.25, 0.3) is 0 Å². The van der Waals surface area contributed by atoms with Gasteiger partial charge in [-0.15, -0.1) is 0 Å². The number of nitrogens with two attached hydrogens (primary N) is 1. The van der Waals surface area contributed by atoms with Crippen molar-refractivity contribution in [1.29, 1.82) is 0 Å². The van der Waals surface area contributed by atoms with E-state index >= 15 is 0 Å². The van der Waals surface area contributed by atoms with Gasteiger partial charge in [0.05, 0.1) is 0 Å². The van der Waals surface area contributed by atoms with Crippen LogP contribution in [0.2, 0.25) is 0 Å². The van der Waals surface area contributed by atoms with E-state index in [-0.39, 0.29) is 0 Å². The van der Waals surface area contributed by atoms with Crippen molar-refractivity contribution < 1.29 is 0 Å². The zero-order chi connectivity index (χ0) is 11.5. The van der Waals surface area contributed by atoms with Gasteiger partial charge in [-0.2, -0.15) is 0 Å². The molecule has 1 aliphatic rings. The minimum absolute atomic E-state index is 0.474. The number of hydrogen-bond acceptors (Lipinski definition) is 2. The van der Waals surface area contributed by atoms with Gasteiger partial charge in [0.2, 0.25) is 0 Å². The molecular weight excluding hydrogens is 196 g/mol. The van der Waals surface area contributed by atoms with Crippen LogP contribution < -0.4 is 10.6 Å². The van der Waals surface area contributed by atoms with Gasteiger partial charge in [0.25, 0.3) is 0 Å². The minimum Gasteiger partial charge on any atom is -0.367 e. The molecule has 0 aromatic heterocycles. The molecule has 1 heterocycles. The van der Waals surface area contributed by atoms with E-state index in [9.17, 15) is 0 Å². The van der Waals surface area contributed by atoms with Gasteiger partial charge in [-0.1, -0.05) is 32.0 Å². The van der Waals surface area contributed by atoms with Gasteiger partial charge >= 0.3 is 0 Å². The minimum atomic E-state index is 0.474. The Hall–Kier alpha value is -1.02. The molecule has 0 aliphatic carbocycles. The third-order valence-electron chi connectivity index (χ3n) is 3.56. The molecule has 88 valence electrons. The van der Waals surface area contributed by atoms with Gasteiger partial charge in [0.1, 0.15) is 0 Å². The average Bonchev–Trinajstić information content (AvgIpc) is 2.30. The van der Waals surface area contributed by atoms with E-state index in [4.69, 9.17) is 5.73 Å². The lowest BCUT2D eigenvalue weighted by Crippen LogP contribution is -2.46. The Balaban J connectivity index is 2.30. The van der Waals surface area contributed by atoms with E-state index in [1.807, 2.05) is 0 Å². The molecule has 2 heteroatoms. The topological polar surface area (TPSA) is 29.3 Å². The second-order valence-corrected chi connectivity index (χ2v) is 4.97. The first-order valence-corrected chi connectivity index (χ1v) is 6.28. The number of para-hydroxylation sites is 1. The molecule has 2 rings (SSSR count). The van der Waals surface area contributed by atoms with Crippen molar-refractivity contribution in [2.45, 2.75) is 32.7 Å². The van der Waals surface area contributed by atoms with Crippen LogP contribution in [0.4, 0.5) is 5.69 Å². The lowest BCUT2D eigenvalue weighted by atomic mass is 9.95. The van der Waals surface area contributed by atoms with Crippen molar-refractivity contribution in [1.82, 2.24) is 0 Å². The van der Waals surface area contributed by atoms with Gasteiger partial charge in [0, 0.05) is 24.8 Å². The maximum atomic E-state index is 5.92. The van der Waals surface area contributed by atoms with Crippen LogP contribution in [0.5, 0.6) is 0 Å².